The minimum absolute atomic E-state index is 0.176. The molecule has 15 heavy (non-hydrogen) atoms. The van der Waals surface area contributed by atoms with Crippen LogP contribution in [0.3, 0.4) is 0 Å². The van der Waals surface area contributed by atoms with E-state index in [1.165, 1.54) is 12.5 Å². The molecule has 1 aromatic carbocycles. The average molecular weight is 212 g/mol. The fourth-order valence-corrected chi connectivity index (χ4v) is 1.14. The first-order valence-corrected chi connectivity index (χ1v) is 5.80. The Kier molecular flexibility index (Phi) is 8.01. The van der Waals surface area contributed by atoms with Crippen molar-refractivity contribution in [3.05, 3.63) is 51.4 Å². The molecule has 0 saturated carbocycles. The van der Waals surface area contributed by atoms with E-state index in [9.17, 15) is 4.79 Å². The van der Waals surface area contributed by atoms with E-state index in [2.05, 4.69) is 40.2 Å². The van der Waals surface area contributed by atoms with Crippen LogP contribution in [-0.2, 0) is 4.79 Å². The van der Waals surface area contributed by atoms with Crippen LogP contribution in [0.15, 0.2) is 45.8 Å². The molecule has 0 bridgehead atoms. The Labute approximate surface area is 108 Å². The van der Waals surface area contributed by atoms with E-state index in [1.54, 1.807) is 0 Å². The molecule has 0 unspecified atom stereocenters. The predicted octanol–water partition coefficient (Wildman–Crippen LogP) is 2.47. The number of carboxylic acids is 1. The van der Waals surface area contributed by atoms with Crippen molar-refractivity contribution in [1.29, 1.82) is 0 Å². The summed E-state index contributed by atoms with van der Waals surface area (Å²) < 4.78 is 2.18. The van der Waals surface area contributed by atoms with E-state index in [-0.39, 0.29) is 5.57 Å². The molecule has 0 atom stereocenters. The van der Waals surface area contributed by atoms with Crippen molar-refractivity contribution in [1.82, 2.24) is 0 Å². The van der Waals surface area contributed by atoms with E-state index in [0.717, 1.165) is 27.9 Å². The number of hydrogen-bond donors (Lipinski definition) is 1. The Bertz CT molecular complexity index is 330. The first-order chi connectivity index (χ1) is 7.07. The SMILES string of the molecule is C=C(C)C(=O)O.[Na][CH]=Cc1ccccc1. The second kappa shape index (κ2) is 8.48. The van der Waals surface area contributed by atoms with Crippen molar-refractivity contribution >= 4 is 40.0 Å². The first kappa shape index (κ1) is 14.2. The van der Waals surface area contributed by atoms with Gasteiger partial charge in [0.15, 0.2) is 0 Å². The van der Waals surface area contributed by atoms with E-state index in [0.29, 0.717) is 0 Å². The van der Waals surface area contributed by atoms with Gasteiger partial charge in [0.1, 0.15) is 0 Å². The summed E-state index contributed by atoms with van der Waals surface area (Å²) in [5.41, 5.74) is 1.47. The zero-order valence-electron chi connectivity index (χ0n) is 9.10. The molecule has 2 nitrogen and oxygen atoms in total. The summed E-state index contributed by atoms with van der Waals surface area (Å²) >= 11 is 1.14. The summed E-state index contributed by atoms with van der Waals surface area (Å²) in [7, 11) is 0. The van der Waals surface area contributed by atoms with Gasteiger partial charge in [0.05, 0.1) is 0 Å². The molecule has 0 saturated heterocycles. The summed E-state index contributed by atoms with van der Waals surface area (Å²) in [5, 5.41) is 7.89. The second-order valence-corrected chi connectivity index (χ2v) is 3.66. The van der Waals surface area contributed by atoms with Gasteiger partial charge in [0.25, 0.3) is 0 Å². The van der Waals surface area contributed by atoms with Crippen molar-refractivity contribution in [3.63, 3.8) is 0 Å². The molecular weight excluding hydrogens is 199 g/mol. The number of carbonyl (C=O) groups is 1. The fourth-order valence-electron chi connectivity index (χ4n) is 0.757. The van der Waals surface area contributed by atoms with Gasteiger partial charge in [-0.25, -0.2) is 4.79 Å². The van der Waals surface area contributed by atoms with Crippen LogP contribution < -0.4 is 0 Å². The Morgan fingerprint density at radius 3 is 2.20 bits per heavy atom. The van der Waals surface area contributed by atoms with Gasteiger partial charge in [-0.05, 0) is 6.92 Å². The average Bonchev–Trinajstić information content (AvgIpc) is 2.20. The van der Waals surface area contributed by atoms with Crippen molar-refractivity contribution in [2.75, 3.05) is 0 Å². The van der Waals surface area contributed by atoms with Gasteiger partial charge in [-0.2, -0.15) is 0 Å². The van der Waals surface area contributed by atoms with Gasteiger partial charge in [-0.3, -0.25) is 0 Å². The van der Waals surface area contributed by atoms with Crippen LogP contribution in [0.1, 0.15) is 12.5 Å². The van der Waals surface area contributed by atoms with E-state index in [4.69, 9.17) is 5.11 Å². The summed E-state index contributed by atoms with van der Waals surface area (Å²) in [5.74, 6) is -0.935. The maximum absolute atomic E-state index is 9.60. The van der Waals surface area contributed by atoms with Gasteiger partial charge >= 0.3 is 79.2 Å². The second-order valence-electron chi connectivity index (χ2n) is 3.00. The van der Waals surface area contributed by atoms with Gasteiger partial charge in [-0.1, -0.05) is 6.58 Å². The zero-order chi connectivity index (χ0) is 11.7. The van der Waals surface area contributed by atoms with Gasteiger partial charge in [0.2, 0.25) is 0 Å². The van der Waals surface area contributed by atoms with Crippen LogP contribution in [0.25, 0.3) is 6.08 Å². The predicted molar refractivity (Wildman–Crippen MR) is 63.7 cm³/mol. The number of hydrogen-bond acceptors (Lipinski definition) is 1. The molecule has 0 aliphatic heterocycles. The summed E-state index contributed by atoms with van der Waals surface area (Å²) in [6.45, 7) is 4.60. The molecular formula is C12H13NaO2. The number of rotatable bonds is 2. The molecule has 0 spiro atoms. The van der Waals surface area contributed by atoms with E-state index in [1.807, 2.05) is 6.07 Å². The van der Waals surface area contributed by atoms with Crippen LogP contribution in [-0.4, -0.2) is 39.0 Å². The Morgan fingerprint density at radius 2 is 1.87 bits per heavy atom. The Hall–Kier alpha value is -0.830. The summed E-state index contributed by atoms with van der Waals surface area (Å²) in [6, 6.07) is 10.3. The van der Waals surface area contributed by atoms with Crippen molar-refractivity contribution in [2.24, 2.45) is 0 Å². The third-order valence-electron chi connectivity index (χ3n) is 1.52. The van der Waals surface area contributed by atoms with Crippen LogP contribution in [0, 0.1) is 0 Å². The molecule has 0 aliphatic carbocycles. The summed E-state index contributed by atoms with van der Waals surface area (Å²) in [6.07, 6.45) is 2.15. The van der Waals surface area contributed by atoms with E-state index >= 15 is 0 Å². The molecule has 0 heterocycles. The zero-order valence-corrected chi connectivity index (χ0v) is 11.1. The molecule has 0 aromatic heterocycles. The van der Waals surface area contributed by atoms with E-state index < -0.39 is 5.97 Å². The van der Waals surface area contributed by atoms with Crippen LogP contribution >= 0.6 is 0 Å². The quantitative estimate of drug-likeness (QED) is 0.604. The van der Waals surface area contributed by atoms with Crippen molar-refractivity contribution < 1.29 is 9.90 Å². The topological polar surface area (TPSA) is 37.3 Å². The Balaban J connectivity index is 0.000000288. The monoisotopic (exact) mass is 212 g/mol. The normalized spacial score (nSPS) is 9.27. The molecule has 0 radical (unpaired) electrons. The van der Waals surface area contributed by atoms with Crippen LogP contribution in [0.2, 0.25) is 0 Å². The molecule has 1 rings (SSSR count). The first-order valence-electron chi connectivity index (χ1n) is 4.64. The number of carboxylic acid groups (broad SMARTS) is 1. The fraction of sp³-hybridized carbons (Fsp3) is 0.0833. The van der Waals surface area contributed by atoms with Gasteiger partial charge in [0, 0.05) is 5.57 Å². The third-order valence-corrected chi connectivity index (χ3v) is 1.86. The molecule has 74 valence electrons. The van der Waals surface area contributed by atoms with Crippen molar-refractivity contribution in [2.45, 2.75) is 6.92 Å². The maximum atomic E-state index is 9.60. The molecule has 0 aliphatic rings. The third kappa shape index (κ3) is 8.18. The standard InChI is InChI=1S/C8H7.C4H6O2.Na/c1-2-8-6-4-3-5-7-8;1-3(2)4(5)6;/h1-7H;1H2,2H3,(H,5,6);. The van der Waals surface area contributed by atoms with Gasteiger partial charge in [-0.15, -0.1) is 0 Å². The minimum atomic E-state index is -0.935. The Morgan fingerprint density at radius 1 is 1.40 bits per heavy atom. The van der Waals surface area contributed by atoms with Crippen LogP contribution in [0.5, 0.6) is 0 Å². The molecule has 1 N–H and O–H groups in total. The number of aliphatic carboxylic acids is 1. The molecule has 3 heteroatoms. The molecule has 0 amide bonds. The van der Waals surface area contributed by atoms with Crippen molar-refractivity contribution in [3.8, 4) is 0 Å². The van der Waals surface area contributed by atoms with Gasteiger partial charge < -0.3 is 5.11 Å². The molecule has 1 aromatic rings. The molecule has 0 fully saturated rings. The number of benzene rings is 1. The van der Waals surface area contributed by atoms with Crippen LogP contribution in [0.4, 0.5) is 0 Å². The summed E-state index contributed by atoms with van der Waals surface area (Å²) in [4.78, 5) is 9.60.